The summed E-state index contributed by atoms with van der Waals surface area (Å²) in [5, 5.41) is 6.57. The Morgan fingerprint density at radius 2 is 1.61 bits per heavy atom. The molecule has 2 unspecified atom stereocenters. The maximum absolute atomic E-state index is 12.1. The van der Waals surface area contributed by atoms with Gasteiger partial charge in [-0.3, -0.25) is 4.31 Å². The minimum atomic E-state index is -1.06. The molecule has 0 aliphatic heterocycles. The minimum absolute atomic E-state index is 0.0640. The number of halogens is 1. The second-order valence-electron chi connectivity index (χ2n) is 8.39. The summed E-state index contributed by atoms with van der Waals surface area (Å²) in [6, 6.07) is 20.9. The lowest BCUT2D eigenvalue weighted by Crippen LogP contribution is -2.26. The van der Waals surface area contributed by atoms with Gasteiger partial charge in [-0.1, -0.05) is 79.7 Å². The third-order valence-corrected chi connectivity index (χ3v) is 8.14. The van der Waals surface area contributed by atoms with Crippen LogP contribution in [0.2, 0.25) is 5.02 Å². The van der Waals surface area contributed by atoms with E-state index < -0.39 is 11.0 Å². The topological polar surface area (TPSA) is 32.3 Å². The van der Waals surface area contributed by atoms with E-state index in [9.17, 15) is 4.21 Å². The van der Waals surface area contributed by atoms with Crippen molar-refractivity contribution in [2.75, 3.05) is 24.2 Å². The molecule has 6 heteroatoms. The Kier molecular flexibility index (Phi) is 10.9. The SMILES string of the molecule is CN(c1ccsc1C(NCCCCCCCCc1ccccc1)c1ccc(Cl)cc1)S(C)=O. The van der Waals surface area contributed by atoms with Crippen LogP contribution in [0, 0.1) is 0 Å². The zero-order chi connectivity index (χ0) is 23.5. The first kappa shape index (κ1) is 26.0. The number of aryl methyl sites for hydroxylation is 1. The quantitative estimate of drug-likeness (QED) is 0.233. The lowest BCUT2D eigenvalue weighted by atomic mass is 10.0. The van der Waals surface area contributed by atoms with Crippen molar-refractivity contribution in [3.8, 4) is 0 Å². The average Bonchev–Trinajstić information content (AvgIpc) is 3.30. The smallest absolute Gasteiger partial charge is 0.116 e. The summed E-state index contributed by atoms with van der Waals surface area (Å²) < 4.78 is 13.9. The maximum Gasteiger partial charge on any atom is 0.116 e. The molecule has 178 valence electrons. The molecule has 2 atom stereocenters. The van der Waals surface area contributed by atoms with Gasteiger partial charge in [-0.05, 0) is 60.5 Å². The average molecular weight is 503 g/mol. The molecular formula is C27H35ClN2OS2. The molecule has 3 rings (SSSR count). The molecule has 0 bridgehead atoms. The summed E-state index contributed by atoms with van der Waals surface area (Å²) in [5.74, 6) is 0. The van der Waals surface area contributed by atoms with Gasteiger partial charge in [-0.2, -0.15) is 0 Å². The van der Waals surface area contributed by atoms with Gasteiger partial charge in [0.15, 0.2) is 0 Å². The Balaban J connectivity index is 1.47. The van der Waals surface area contributed by atoms with Crippen LogP contribution in [0.25, 0.3) is 0 Å². The standard InChI is InChI=1S/C27H35ClN2OS2/c1-30(33(2)31)25-19-21-32-27(25)26(23-15-17-24(28)18-16-23)29-20-11-6-4-3-5-8-12-22-13-9-7-10-14-22/h7,9-10,13-19,21,26,29H,3-6,8,11-12,20H2,1-2H3. The number of hydrogen-bond acceptors (Lipinski definition) is 3. The van der Waals surface area contributed by atoms with Crippen molar-refractivity contribution < 1.29 is 4.21 Å². The highest BCUT2D eigenvalue weighted by Crippen LogP contribution is 2.36. The summed E-state index contributed by atoms with van der Waals surface area (Å²) in [4.78, 5) is 1.19. The summed E-state index contributed by atoms with van der Waals surface area (Å²) in [6.07, 6.45) is 10.4. The lowest BCUT2D eigenvalue weighted by Gasteiger charge is -2.23. The van der Waals surface area contributed by atoms with Crippen LogP contribution in [0.15, 0.2) is 66.0 Å². The van der Waals surface area contributed by atoms with E-state index in [1.807, 2.05) is 23.5 Å². The first-order valence-corrected chi connectivity index (χ1v) is 14.5. The number of benzene rings is 2. The molecule has 3 aromatic rings. The van der Waals surface area contributed by atoms with Crippen molar-refractivity contribution in [2.24, 2.45) is 0 Å². The molecule has 2 aromatic carbocycles. The number of rotatable bonds is 14. The maximum atomic E-state index is 12.1. The molecule has 3 nitrogen and oxygen atoms in total. The summed E-state index contributed by atoms with van der Waals surface area (Å²) in [7, 11) is 0.826. The fourth-order valence-corrected chi connectivity index (χ4v) is 5.64. The van der Waals surface area contributed by atoms with Gasteiger partial charge >= 0.3 is 0 Å². The van der Waals surface area contributed by atoms with Gasteiger partial charge in [0, 0.05) is 18.3 Å². The normalized spacial score (nSPS) is 13.1. The van der Waals surface area contributed by atoms with Gasteiger partial charge in [0.05, 0.1) is 16.6 Å². The van der Waals surface area contributed by atoms with E-state index in [-0.39, 0.29) is 6.04 Å². The number of nitrogens with one attached hydrogen (secondary N) is 1. The first-order chi connectivity index (χ1) is 16.1. The van der Waals surface area contributed by atoms with E-state index in [0.29, 0.717) is 0 Å². The van der Waals surface area contributed by atoms with Crippen molar-refractivity contribution >= 4 is 39.6 Å². The highest BCUT2D eigenvalue weighted by Gasteiger charge is 2.21. The van der Waals surface area contributed by atoms with Crippen molar-refractivity contribution in [1.29, 1.82) is 0 Å². The highest BCUT2D eigenvalue weighted by atomic mass is 35.5. The summed E-state index contributed by atoms with van der Waals surface area (Å²) >= 11 is 7.84. The lowest BCUT2D eigenvalue weighted by molar-refractivity contribution is 0.542. The zero-order valence-corrected chi connectivity index (χ0v) is 22.0. The molecule has 0 saturated heterocycles. The Bertz CT molecular complexity index is 975. The fraction of sp³-hybridized carbons (Fsp3) is 0.407. The van der Waals surface area contributed by atoms with Crippen LogP contribution in [0.4, 0.5) is 5.69 Å². The van der Waals surface area contributed by atoms with Gasteiger partial charge in [0.1, 0.15) is 11.0 Å². The molecule has 0 radical (unpaired) electrons. The predicted molar refractivity (Wildman–Crippen MR) is 146 cm³/mol. The van der Waals surface area contributed by atoms with E-state index in [4.69, 9.17) is 11.6 Å². The Hall–Kier alpha value is -1.66. The van der Waals surface area contributed by atoms with Gasteiger partial charge < -0.3 is 5.32 Å². The molecule has 1 heterocycles. The number of hydrogen-bond donors (Lipinski definition) is 1. The van der Waals surface area contributed by atoms with E-state index >= 15 is 0 Å². The van der Waals surface area contributed by atoms with Crippen molar-refractivity contribution in [3.63, 3.8) is 0 Å². The third kappa shape index (κ3) is 8.25. The van der Waals surface area contributed by atoms with Crippen molar-refractivity contribution in [2.45, 2.75) is 51.0 Å². The summed E-state index contributed by atoms with van der Waals surface area (Å²) in [6.45, 7) is 0.952. The summed E-state index contributed by atoms with van der Waals surface area (Å²) in [5.41, 5.74) is 3.64. The molecule has 0 saturated carbocycles. The largest absolute Gasteiger partial charge is 0.306 e. The molecule has 0 fully saturated rings. The van der Waals surface area contributed by atoms with Crippen LogP contribution in [-0.2, 0) is 17.4 Å². The number of unbranched alkanes of at least 4 members (excludes halogenated alkanes) is 5. The van der Waals surface area contributed by atoms with Crippen LogP contribution < -0.4 is 9.62 Å². The Morgan fingerprint density at radius 1 is 0.939 bits per heavy atom. The predicted octanol–water partition coefficient (Wildman–Crippen LogP) is 7.39. The molecule has 0 aliphatic carbocycles. The van der Waals surface area contributed by atoms with Gasteiger partial charge in [0.25, 0.3) is 0 Å². The van der Waals surface area contributed by atoms with Crippen LogP contribution in [0.5, 0.6) is 0 Å². The van der Waals surface area contributed by atoms with Crippen LogP contribution in [0.1, 0.15) is 60.6 Å². The number of thiophene rings is 1. The molecule has 1 N–H and O–H groups in total. The van der Waals surface area contributed by atoms with Crippen LogP contribution in [-0.4, -0.2) is 24.1 Å². The molecule has 0 amide bonds. The molecule has 33 heavy (non-hydrogen) atoms. The highest BCUT2D eigenvalue weighted by molar-refractivity contribution is 7.85. The van der Waals surface area contributed by atoms with E-state index in [0.717, 1.165) is 23.7 Å². The number of anilines is 1. The first-order valence-electron chi connectivity index (χ1n) is 11.7. The molecule has 0 aliphatic rings. The Morgan fingerprint density at radius 3 is 2.30 bits per heavy atom. The van der Waals surface area contributed by atoms with Gasteiger partial charge in [0.2, 0.25) is 0 Å². The zero-order valence-electron chi connectivity index (χ0n) is 19.6. The monoisotopic (exact) mass is 502 g/mol. The Labute approximate surface area is 210 Å². The van der Waals surface area contributed by atoms with E-state index in [2.05, 4.69) is 59.2 Å². The second kappa shape index (κ2) is 13.9. The van der Waals surface area contributed by atoms with Crippen LogP contribution in [0.3, 0.4) is 0 Å². The minimum Gasteiger partial charge on any atom is -0.306 e. The van der Waals surface area contributed by atoms with E-state index in [1.165, 1.54) is 54.5 Å². The van der Waals surface area contributed by atoms with Crippen molar-refractivity contribution in [1.82, 2.24) is 5.32 Å². The molecule has 1 aromatic heterocycles. The van der Waals surface area contributed by atoms with Gasteiger partial charge in [-0.15, -0.1) is 11.3 Å². The van der Waals surface area contributed by atoms with E-state index in [1.54, 1.807) is 17.6 Å². The fourth-order valence-electron chi connectivity index (χ4n) is 4.00. The molecule has 0 spiro atoms. The van der Waals surface area contributed by atoms with Crippen LogP contribution >= 0.6 is 22.9 Å². The third-order valence-electron chi connectivity index (χ3n) is 5.95. The molecular weight excluding hydrogens is 468 g/mol. The number of nitrogens with zero attached hydrogens (tertiary/aromatic N) is 1. The second-order valence-corrected chi connectivity index (χ2v) is 11.2. The van der Waals surface area contributed by atoms with Crippen molar-refractivity contribution in [3.05, 3.63) is 87.1 Å². The van der Waals surface area contributed by atoms with Gasteiger partial charge in [-0.25, -0.2) is 4.21 Å².